The van der Waals surface area contributed by atoms with Crippen molar-refractivity contribution in [1.82, 2.24) is 10.2 Å². The van der Waals surface area contributed by atoms with Crippen LogP contribution in [-0.2, 0) is 12.8 Å². The fourth-order valence-corrected chi connectivity index (χ4v) is 3.73. The van der Waals surface area contributed by atoms with Crippen molar-refractivity contribution in [3.05, 3.63) is 16.8 Å². The van der Waals surface area contributed by atoms with Crippen LogP contribution in [-0.4, -0.2) is 45.3 Å². The van der Waals surface area contributed by atoms with Crippen LogP contribution in [0.15, 0.2) is 5.16 Å². The van der Waals surface area contributed by atoms with E-state index in [-0.39, 0.29) is 5.84 Å². The van der Waals surface area contributed by atoms with Crippen molar-refractivity contribution in [2.45, 2.75) is 38.9 Å². The molecule has 1 aromatic rings. The second-order valence-electron chi connectivity index (χ2n) is 5.14. The van der Waals surface area contributed by atoms with Crippen LogP contribution >= 0.6 is 11.8 Å². The molecule has 0 bridgehead atoms. The molecule has 0 aliphatic carbocycles. The molecule has 1 aromatic heterocycles. The number of hydrogen-bond acceptors (Lipinski definition) is 6. The van der Waals surface area contributed by atoms with E-state index in [1.54, 1.807) is 0 Å². The van der Waals surface area contributed by atoms with Crippen LogP contribution in [0.1, 0.15) is 37.6 Å². The Balaban J connectivity index is 2.54. The van der Waals surface area contributed by atoms with Gasteiger partial charge in [0.25, 0.3) is 0 Å². The molecule has 1 atom stereocenters. The van der Waals surface area contributed by atoms with Crippen molar-refractivity contribution in [3.8, 4) is 0 Å². The van der Waals surface area contributed by atoms with Crippen molar-refractivity contribution >= 4 is 23.4 Å². The molecule has 2 heterocycles. The van der Waals surface area contributed by atoms with Crippen LogP contribution < -0.4 is 10.6 Å². The molecule has 1 unspecified atom stereocenters. The zero-order chi connectivity index (χ0) is 15.4. The summed E-state index contributed by atoms with van der Waals surface area (Å²) in [5.41, 5.74) is 8.63. The standard InChI is InChI=1S/C14H23N5OS/c1-4-10-11(5-2)16-17-14(12(10)13(15)18-20)19-6-7-21-9(3)8-19/h9,20H,4-8H2,1-3H3,(H2,15,18). The molecule has 0 radical (unpaired) electrons. The fraction of sp³-hybridized carbons (Fsp3) is 0.643. The summed E-state index contributed by atoms with van der Waals surface area (Å²) in [6.07, 6.45) is 1.57. The smallest absolute Gasteiger partial charge is 0.174 e. The molecular weight excluding hydrogens is 286 g/mol. The van der Waals surface area contributed by atoms with E-state index in [0.29, 0.717) is 5.25 Å². The maximum absolute atomic E-state index is 9.14. The number of nitrogens with two attached hydrogens (primary N) is 1. The Hall–Kier alpha value is -1.50. The van der Waals surface area contributed by atoms with E-state index in [4.69, 9.17) is 10.9 Å². The monoisotopic (exact) mass is 309 g/mol. The molecule has 0 aromatic carbocycles. The van der Waals surface area contributed by atoms with E-state index in [9.17, 15) is 0 Å². The van der Waals surface area contributed by atoms with Gasteiger partial charge in [-0.3, -0.25) is 0 Å². The molecule has 2 rings (SSSR count). The maximum Gasteiger partial charge on any atom is 0.174 e. The van der Waals surface area contributed by atoms with Gasteiger partial charge in [0.15, 0.2) is 11.7 Å². The second-order valence-corrected chi connectivity index (χ2v) is 6.69. The second kappa shape index (κ2) is 6.98. The SMILES string of the molecule is CCc1nnc(N2CCSC(C)C2)c(C(N)=NO)c1CC. The van der Waals surface area contributed by atoms with Crippen molar-refractivity contribution in [3.63, 3.8) is 0 Å². The molecule has 21 heavy (non-hydrogen) atoms. The highest BCUT2D eigenvalue weighted by atomic mass is 32.2. The highest BCUT2D eigenvalue weighted by molar-refractivity contribution is 8.00. The van der Waals surface area contributed by atoms with E-state index < -0.39 is 0 Å². The Morgan fingerprint density at radius 1 is 1.43 bits per heavy atom. The van der Waals surface area contributed by atoms with Crippen LogP contribution in [0, 0.1) is 0 Å². The number of rotatable bonds is 4. The number of hydrogen-bond donors (Lipinski definition) is 2. The van der Waals surface area contributed by atoms with Gasteiger partial charge in [0, 0.05) is 24.1 Å². The molecule has 0 saturated carbocycles. The predicted octanol–water partition coefficient (Wildman–Crippen LogP) is 1.64. The van der Waals surface area contributed by atoms with Gasteiger partial charge in [-0.2, -0.15) is 16.9 Å². The molecule has 1 aliphatic rings. The topological polar surface area (TPSA) is 87.6 Å². The van der Waals surface area contributed by atoms with E-state index in [1.807, 2.05) is 18.7 Å². The summed E-state index contributed by atoms with van der Waals surface area (Å²) in [5.74, 6) is 1.92. The predicted molar refractivity (Wildman–Crippen MR) is 87.4 cm³/mol. The lowest BCUT2D eigenvalue weighted by atomic mass is 10.0. The average Bonchev–Trinajstić information content (AvgIpc) is 2.52. The minimum absolute atomic E-state index is 0.123. The van der Waals surface area contributed by atoms with Crippen LogP contribution in [0.5, 0.6) is 0 Å². The van der Waals surface area contributed by atoms with E-state index in [1.165, 1.54) is 0 Å². The summed E-state index contributed by atoms with van der Waals surface area (Å²) < 4.78 is 0. The maximum atomic E-state index is 9.14. The highest BCUT2D eigenvalue weighted by Crippen LogP contribution is 2.28. The first kappa shape index (κ1) is 15.9. The van der Waals surface area contributed by atoms with Gasteiger partial charge in [-0.15, -0.1) is 5.10 Å². The van der Waals surface area contributed by atoms with Gasteiger partial charge in [0.1, 0.15) is 0 Å². The Bertz CT molecular complexity index is 534. The van der Waals surface area contributed by atoms with Crippen LogP contribution in [0.3, 0.4) is 0 Å². The summed E-state index contributed by atoms with van der Waals surface area (Å²) in [5, 5.41) is 21.6. The zero-order valence-corrected chi connectivity index (χ0v) is 13.7. The lowest BCUT2D eigenvalue weighted by Crippen LogP contribution is -2.39. The van der Waals surface area contributed by atoms with Crippen molar-refractivity contribution in [2.75, 3.05) is 23.7 Å². The molecule has 116 valence electrons. The van der Waals surface area contributed by atoms with Gasteiger partial charge in [-0.1, -0.05) is 25.9 Å². The summed E-state index contributed by atoms with van der Waals surface area (Å²) >= 11 is 1.95. The van der Waals surface area contributed by atoms with Crippen molar-refractivity contribution in [2.24, 2.45) is 10.9 Å². The van der Waals surface area contributed by atoms with Crippen molar-refractivity contribution < 1.29 is 5.21 Å². The largest absolute Gasteiger partial charge is 0.409 e. The quantitative estimate of drug-likeness (QED) is 0.380. The van der Waals surface area contributed by atoms with Crippen LogP contribution in [0.25, 0.3) is 0 Å². The van der Waals surface area contributed by atoms with E-state index in [0.717, 1.165) is 54.3 Å². The number of aryl methyl sites for hydroxylation is 1. The first-order chi connectivity index (χ1) is 10.1. The molecule has 1 saturated heterocycles. The van der Waals surface area contributed by atoms with Crippen molar-refractivity contribution in [1.29, 1.82) is 0 Å². The molecule has 1 fully saturated rings. The lowest BCUT2D eigenvalue weighted by Gasteiger charge is -2.32. The van der Waals surface area contributed by atoms with Crippen LogP contribution in [0.2, 0.25) is 0 Å². The third-order valence-electron chi connectivity index (χ3n) is 3.73. The summed E-state index contributed by atoms with van der Waals surface area (Å²) in [7, 11) is 0. The lowest BCUT2D eigenvalue weighted by molar-refractivity contribution is 0.318. The van der Waals surface area contributed by atoms with Gasteiger partial charge < -0.3 is 15.8 Å². The number of amidine groups is 1. The number of aromatic nitrogens is 2. The van der Waals surface area contributed by atoms with Gasteiger partial charge in [0.05, 0.1) is 11.3 Å². The van der Waals surface area contributed by atoms with Crippen LogP contribution in [0.4, 0.5) is 5.82 Å². The Morgan fingerprint density at radius 3 is 2.76 bits per heavy atom. The van der Waals surface area contributed by atoms with E-state index >= 15 is 0 Å². The van der Waals surface area contributed by atoms with Gasteiger partial charge in [-0.25, -0.2) is 0 Å². The summed E-state index contributed by atoms with van der Waals surface area (Å²) in [4.78, 5) is 2.19. The fourth-order valence-electron chi connectivity index (χ4n) is 2.71. The molecule has 6 nitrogen and oxygen atoms in total. The third kappa shape index (κ3) is 3.23. The number of oxime groups is 1. The first-order valence-corrected chi connectivity index (χ1v) is 8.40. The normalized spacial score (nSPS) is 19.9. The number of anilines is 1. The molecule has 0 amide bonds. The van der Waals surface area contributed by atoms with Gasteiger partial charge in [0.2, 0.25) is 0 Å². The Labute approximate surface area is 129 Å². The minimum atomic E-state index is 0.123. The zero-order valence-electron chi connectivity index (χ0n) is 12.8. The Morgan fingerprint density at radius 2 is 2.19 bits per heavy atom. The summed E-state index contributed by atoms with van der Waals surface area (Å²) in [6, 6.07) is 0. The molecule has 3 N–H and O–H groups in total. The number of thioether (sulfide) groups is 1. The van der Waals surface area contributed by atoms with Gasteiger partial charge in [-0.05, 0) is 18.4 Å². The first-order valence-electron chi connectivity index (χ1n) is 7.35. The molecule has 7 heteroatoms. The molecule has 0 spiro atoms. The van der Waals surface area contributed by atoms with E-state index in [2.05, 4.69) is 34.1 Å². The minimum Gasteiger partial charge on any atom is -0.409 e. The molecular formula is C14H23N5OS. The summed E-state index contributed by atoms with van der Waals surface area (Å²) in [6.45, 7) is 8.11. The van der Waals surface area contributed by atoms with Gasteiger partial charge >= 0.3 is 0 Å². The Kier molecular flexibility index (Phi) is 5.27. The third-order valence-corrected chi connectivity index (χ3v) is 4.87. The highest BCUT2D eigenvalue weighted by Gasteiger charge is 2.25. The average molecular weight is 309 g/mol. The number of nitrogens with zero attached hydrogens (tertiary/aromatic N) is 4. The molecule has 1 aliphatic heterocycles.